The molecule has 1 heterocycles. The second-order valence-electron chi connectivity index (χ2n) is 6.56. The van der Waals surface area contributed by atoms with Crippen molar-refractivity contribution in [2.24, 2.45) is 0 Å². The van der Waals surface area contributed by atoms with Crippen LogP contribution < -0.4 is 14.8 Å². The van der Waals surface area contributed by atoms with E-state index in [-0.39, 0.29) is 18.3 Å². The smallest absolute Gasteiger partial charge is 0.492 e. The summed E-state index contributed by atoms with van der Waals surface area (Å²) in [4.78, 5) is 11.7. The number of ether oxygens (including phenoxy) is 2. The van der Waals surface area contributed by atoms with Crippen molar-refractivity contribution >= 4 is 5.91 Å². The number of carbonyl (C=O) groups excluding carboxylic acids is 1. The average molecular weight is 407 g/mol. The SMILES string of the molecule is C=CC(=O)N[C@@H](C)c1cc(-c2ccc(OC(F)(F)F)cc2)c2c(c1CO)CCO2. The molecular weight excluding hydrogens is 387 g/mol. The van der Waals surface area contributed by atoms with E-state index in [4.69, 9.17) is 4.74 Å². The van der Waals surface area contributed by atoms with E-state index in [9.17, 15) is 23.1 Å². The number of alkyl halides is 3. The zero-order valence-corrected chi connectivity index (χ0v) is 15.7. The Labute approximate surface area is 165 Å². The molecule has 3 rings (SSSR count). The number of fused-ring (bicyclic) bond motifs is 1. The van der Waals surface area contributed by atoms with E-state index in [1.54, 1.807) is 13.0 Å². The van der Waals surface area contributed by atoms with Gasteiger partial charge in [0, 0.05) is 17.5 Å². The second kappa shape index (κ2) is 8.16. The Balaban J connectivity index is 2.05. The van der Waals surface area contributed by atoms with E-state index in [1.807, 2.05) is 0 Å². The van der Waals surface area contributed by atoms with Crippen molar-refractivity contribution in [3.8, 4) is 22.6 Å². The molecule has 0 saturated heterocycles. The lowest BCUT2D eigenvalue weighted by Gasteiger charge is -2.21. The van der Waals surface area contributed by atoms with Crippen LogP contribution in [-0.4, -0.2) is 24.0 Å². The van der Waals surface area contributed by atoms with Gasteiger partial charge in [-0.3, -0.25) is 4.79 Å². The van der Waals surface area contributed by atoms with Crippen molar-refractivity contribution in [3.05, 3.63) is 59.7 Å². The Bertz CT molecular complexity index is 923. The molecule has 5 nitrogen and oxygen atoms in total. The van der Waals surface area contributed by atoms with E-state index in [0.29, 0.717) is 41.0 Å². The number of amides is 1. The predicted octanol–water partition coefficient (Wildman–Crippen LogP) is 4.04. The summed E-state index contributed by atoms with van der Waals surface area (Å²) < 4.78 is 46.9. The largest absolute Gasteiger partial charge is 0.573 e. The third-order valence-corrected chi connectivity index (χ3v) is 4.70. The maximum atomic E-state index is 12.4. The molecule has 0 spiro atoms. The Hall–Kier alpha value is -3.00. The van der Waals surface area contributed by atoms with Crippen molar-refractivity contribution in [1.29, 1.82) is 0 Å². The fourth-order valence-electron chi connectivity index (χ4n) is 3.44. The number of rotatable bonds is 6. The van der Waals surface area contributed by atoms with Crippen molar-refractivity contribution < 1.29 is 32.5 Å². The maximum absolute atomic E-state index is 12.4. The van der Waals surface area contributed by atoms with E-state index in [0.717, 1.165) is 11.6 Å². The van der Waals surface area contributed by atoms with Gasteiger partial charge in [-0.1, -0.05) is 18.7 Å². The molecule has 0 bridgehead atoms. The summed E-state index contributed by atoms with van der Waals surface area (Å²) in [6.45, 7) is 5.42. The minimum atomic E-state index is -4.76. The quantitative estimate of drug-likeness (QED) is 0.710. The van der Waals surface area contributed by atoms with Crippen LogP contribution in [0.1, 0.15) is 29.7 Å². The Kier molecular flexibility index (Phi) is 5.83. The Morgan fingerprint density at radius 3 is 2.66 bits per heavy atom. The zero-order valence-electron chi connectivity index (χ0n) is 15.7. The fourth-order valence-corrected chi connectivity index (χ4v) is 3.44. The first-order chi connectivity index (χ1) is 13.7. The highest BCUT2D eigenvalue weighted by Crippen LogP contribution is 2.42. The van der Waals surface area contributed by atoms with Crippen molar-refractivity contribution in [2.75, 3.05) is 6.61 Å². The molecule has 8 heteroatoms. The summed E-state index contributed by atoms with van der Waals surface area (Å²) in [5.41, 5.74) is 3.51. The van der Waals surface area contributed by atoms with Gasteiger partial charge < -0.3 is 19.9 Å². The molecular formula is C21H20F3NO4. The predicted molar refractivity (Wildman–Crippen MR) is 100 cm³/mol. The topological polar surface area (TPSA) is 67.8 Å². The molecule has 0 unspecified atom stereocenters. The second-order valence-corrected chi connectivity index (χ2v) is 6.56. The van der Waals surface area contributed by atoms with Crippen molar-refractivity contribution in [2.45, 2.75) is 32.4 Å². The lowest BCUT2D eigenvalue weighted by atomic mass is 9.90. The average Bonchev–Trinajstić information content (AvgIpc) is 3.15. The fraction of sp³-hybridized carbons (Fsp3) is 0.286. The minimum absolute atomic E-state index is 0.228. The number of hydrogen-bond donors (Lipinski definition) is 2. The summed E-state index contributed by atoms with van der Waals surface area (Å²) in [6.07, 6.45) is -3.02. The number of benzene rings is 2. The molecule has 0 radical (unpaired) electrons. The van der Waals surface area contributed by atoms with Gasteiger partial charge in [-0.2, -0.15) is 0 Å². The first-order valence-electron chi connectivity index (χ1n) is 8.95. The highest BCUT2D eigenvalue weighted by molar-refractivity contribution is 5.87. The number of halogens is 3. The van der Waals surface area contributed by atoms with Gasteiger partial charge in [-0.15, -0.1) is 13.2 Å². The monoisotopic (exact) mass is 407 g/mol. The molecule has 0 aliphatic carbocycles. The van der Waals surface area contributed by atoms with Gasteiger partial charge in [-0.25, -0.2) is 0 Å². The molecule has 0 saturated carbocycles. The lowest BCUT2D eigenvalue weighted by molar-refractivity contribution is -0.274. The summed E-state index contributed by atoms with van der Waals surface area (Å²) in [5, 5.41) is 12.7. The van der Waals surface area contributed by atoms with Crippen molar-refractivity contribution in [3.63, 3.8) is 0 Å². The lowest BCUT2D eigenvalue weighted by Crippen LogP contribution is -2.25. The van der Waals surface area contributed by atoms with Crippen LogP contribution in [0.15, 0.2) is 43.0 Å². The molecule has 0 aromatic heterocycles. The summed E-state index contributed by atoms with van der Waals surface area (Å²) in [7, 11) is 0. The standard InChI is InChI=1S/C21H20F3NO4/c1-3-19(27)25-12(2)16-10-17(20-15(8-9-28-20)18(16)11-26)13-4-6-14(7-5-13)29-21(22,23)24/h3-7,10,12,26H,1,8-9,11H2,2H3,(H,25,27)/t12-/m0/s1. The van der Waals surface area contributed by atoms with E-state index >= 15 is 0 Å². The first-order valence-corrected chi connectivity index (χ1v) is 8.95. The van der Waals surface area contributed by atoms with E-state index < -0.39 is 12.4 Å². The molecule has 1 atom stereocenters. The highest BCUT2D eigenvalue weighted by Gasteiger charge is 2.31. The molecule has 2 aromatic carbocycles. The molecule has 2 N–H and O–H groups in total. The number of carbonyl (C=O) groups is 1. The van der Waals surface area contributed by atoms with E-state index in [2.05, 4.69) is 16.6 Å². The molecule has 1 aliphatic heterocycles. The molecule has 154 valence electrons. The highest BCUT2D eigenvalue weighted by atomic mass is 19.4. The Morgan fingerprint density at radius 2 is 2.07 bits per heavy atom. The Morgan fingerprint density at radius 1 is 1.38 bits per heavy atom. The summed E-state index contributed by atoms with van der Waals surface area (Å²) in [5.74, 6) is -0.0875. The van der Waals surface area contributed by atoms with Crippen LogP contribution in [0.4, 0.5) is 13.2 Å². The van der Waals surface area contributed by atoms with Gasteiger partial charge in [0.05, 0.1) is 19.3 Å². The van der Waals surface area contributed by atoms with E-state index in [1.165, 1.54) is 24.3 Å². The molecule has 0 fully saturated rings. The van der Waals surface area contributed by atoms with Crippen LogP contribution in [0.3, 0.4) is 0 Å². The molecule has 1 amide bonds. The third-order valence-electron chi connectivity index (χ3n) is 4.70. The third kappa shape index (κ3) is 4.54. The molecule has 1 aliphatic rings. The maximum Gasteiger partial charge on any atom is 0.573 e. The number of hydrogen-bond acceptors (Lipinski definition) is 4. The van der Waals surface area contributed by atoms with Crippen molar-refractivity contribution in [1.82, 2.24) is 5.32 Å². The molecule has 2 aromatic rings. The van der Waals surface area contributed by atoms with Crippen LogP contribution in [0.25, 0.3) is 11.1 Å². The summed E-state index contributed by atoms with van der Waals surface area (Å²) >= 11 is 0. The van der Waals surface area contributed by atoms with Crippen LogP contribution in [0.2, 0.25) is 0 Å². The van der Waals surface area contributed by atoms with Crippen LogP contribution >= 0.6 is 0 Å². The van der Waals surface area contributed by atoms with Gasteiger partial charge in [0.15, 0.2) is 0 Å². The van der Waals surface area contributed by atoms with Gasteiger partial charge in [-0.05, 0) is 47.9 Å². The van der Waals surface area contributed by atoms with Gasteiger partial charge in [0.2, 0.25) is 5.91 Å². The van der Waals surface area contributed by atoms with Crippen LogP contribution in [0, 0.1) is 0 Å². The molecule has 29 heavy (non-hydrogen) atoms. The van der Waals surface area contributed by atoms with Gasteiger partial charge in [0.25, 0.3) is 0 Å². The zero-order chi connectivity index (χ0) is 21.2. The van der Waals surface area contributed by atoms with Gasteiger partial charge >= 0.3 is 6.36 Å². The summed E-state index contributed by atoms with van der Waals surface area (Å²) in [6, 6.07) is 6.84. The first kappa shape index (κ1) is 20.7. The van der Waals surface area contributed by atoms with Gasteiger partial charge in [0.1, 0.15) is 11.5 Å². The van der Waals surface area contributed by atoms with Crippen LogP contribution in [-0.2, 0) is 17.8 Å². The normalized spacial score (nSPS) is 14.0. The number of nitrogens with one attached hydrogen (secondary N) is 1. The minimum Gasteiger partial charge on any atom is -0.492 e. The number of aliphatic hydroxyl groups excluding tert-OH is 1. The van der Waals surface area contributed by atoms with Crippen LogP contribution in [0.5, 0.6) is 11.5 Å². The number of aliphatic hydroxyl groups is 1.